The Hall–Kier alpha value is -1.91. The van der Waals surface area contributed by atoms with Crippen molar-refractivity contribution < 1.29 is 14.1 Å². The lowest BCUT2D eigenvalue weighted by atomic mass is 9.73. The number of carbonyl (C=O) groups is 1. The first kappa shape index (κ1) is 17.9. The molecule has 1 heterocycles. The number of rotatable bonds is 4. The van der Waals surface area contributed by atoms with Crippen LogP contribution in [-0.4, -0.2) is 24.1 Å². The van der Waals surface area contributed by atoms with E-state index in [-0.39, 0.29) is 5.78 Å². The van der Waals surface area contributed by atoms with Gasteiger partial charge in [-0.3, -0.25) is 4.79 Å². The van der Waals surface area contributed by atoms with Crippen LogP contribution in [0.4, 0.5) is 0 Å². The zero-order chi connectivity index (χ0) is 18.2. The highest BCUT2D eigenvalue weighted by atomic mass is 16.7. The molecule has 4 heteroatoms. The zero-order valence-electron chi connectivity index (χ0n) is 15.6. The first-order valence-corrected chi connectivity index (χ1v) is 8.73. The van der Waals surface area contributed by atoms with Gasteiger partial charge >= 0.3 is 7.12 Å². The van der Waals surface area contributed by atoms with Crippen LogP contribution in [0.2, 0.25) is 0 Å². The van der Waals surface area contributed by atoms with Gasteiger partial charge < -0.3 is 9.31 Å². The molecule has 1 fully saturated rings. The summed E-state index contributed by atoms with van der Waals surface area (Å²) < 4.78 is 12.5. The lowest BCUT2D eigenvalue weighted by Crippen LogP contribution is -2.41. The summed E-state index contributed by atoms with van der Waals surface area (Å²) in [6.45, 7) is 9.75. The fourth-order valence-corrected chi connectivity index (χ4v) is 2.98. The average Bonchev–Trinajstić information content (AvgIpc) is 2.76. The molecular weight excluding hydrogens is 311 g/mol. The fourth-order valence-electron chi connectivity index (χ4n) is 2.98. The van der Waals surface area contributed by atoms with Crippen LogP contribution in [0.5, 0.6) is 0 Å². The summed E-state index contributed by atoms with van der Waals surface area (Å²) in [4.78, 5) is 11.9. The topological polar surface area (TPSA) is 35.5 Å². The summed E-state index contributed by atoms with van der Waals surface area (Å²) in [6, 6.07) is 16.1. The number of carbonyl (C=O) groups excluding carboxylic acids is 1. The van der Waals surface area contributed by atoms with Crippen molar-refractivity contribution in [1.82, 2.24) is 0 Å². The van der Waals surface area contributed by atoms with E-state index in [1.807, 2.05) is 64.1 Å². The third-order valence-electron chi connectivity index (χ3n) is 5.30. The van der Waals surface area contributed by atoms with E-state index in [0.717, 1.165) is 17.4 Å². The summed E-state index contributed by atoms with van der Waals surface area (Å²) in [5, 5.41) is 0. The van der Waals surface area contributed by atoms with Crippen LogP contribution in [0.3, 0.4) is 0 Å². The molecule has 0 saturated carbocycles. The van der Waals surface area contributed by atoms with Crippen LogP contribution in [0.25, 0.3) is 0 Å². The molecule has 0 atom stereocenters. The monoisotopic (exact) mass is 336 g/mol. The van der Waals surface area contributed by atoms with Crippen molar-refractivity contribution in [2.24, 2.45) is 0 Å². The van der Waals surface area contributed by atoms with E-state index in [1.165, 1.54) is 5.56 Å². The minimum atomic E-state index is -0.469. The zero-order valence-corrected chi connectivity index (χ0v) is 15.6. The molecule has 0 unspecified atom stereocenters. The van der Waals surface area contributed by atoms with Crippen molar-refractivity contribution in [3.63, 3.8) is 0 Å². The quantitative estimate of drug-likeness (QED) is 0.630. The van der Waals surface area contributed by atoms with Crippen molar-refractivity contribution in [1.29, 1.82) is 0 Å². The number of Topliss-reactive ketones (excluding diaryl/α,β-unsaturated/α-hetero) is 1. The molecule has 1 aliphatic rings. The minimum absolute atomic E-state index is 0.0454. The molecule has 0 amide bonds. The second-order valence-electron chi connectivity index (χ2n) is 7.72. The molecule has 0 aromatic heterocycles. The van der Waals surface area contributed by atoms with E-state index in [4.69, 9.17) is 9.31 Å². The molecule has 2 aromatic carbocycles. The summed E-state index contributed by atoms with van der Waals surface area (Å²) in [5.41, 5.74) is 3.14. The maximum absolute atomic E-state index is 11.9. The second kappa shape index (κ2) is 6.43. The summed E-state index contributed by atoms with van der Waals surface area (Å²) in [6.07, 6.45) is 0.776. The predicted molar refractivity (Wildman–Crippen MR) is 101 cm³/mol. The Morgan fingerprint density at radius 1 is 0.960 bits per heavy atom. The third kappa shape index (κ3) is 3.56. The lowest BCUT2D eigenvalue weighted by molar-refractivity contribution is 0.00578. The van der Waals surface area contributed by atoms with Gasteiger partial charge in [-0.05, 0) is 57.6 Å². The molecule has 0 N–H and O–H groups in total. The Labute approximate surface area is 150 Å². The van der Waals surface area contributed by atoms with Crippen molar-refractivity contribution >= 4 is 18.4 Å². The molecule has 130 valence electrons. The maximum Gasteiger partial charge on any atom is 0.495 e. The molecule has 0 radical (unpaired) electrons. The van der Waals surface area contributed by atoms with Gasteiger partial charge in [0, 0.05) is 5.56 Å². The summed E-state index contributed by atoms with van der Waals surface area (Å²) in [7, 11) is -0.469. The molecule has 3 rings (SSSR count). The SMILES string of the molecule is CC(=O)c1ccc(Cc2ccccc2)c(B2OC(C)(C)C(C)(C)O2)c1. The van der Waals surface area contributed by atoms with Gasteiger partial charge in [-0.1, -0.05) is 48.5 Å². The van der Waals surface area contributed by atoms with Gasteiger partial charge in [0.1, 0.15) is 0 Å². The van der Waals surface area contributed by atoms with Crippen molar-refractivity contribution in [3.8, 4) is 0 Å². The molecule has 3 nitrogen and oxygen atoms in total. The number of hydrogen-bond donors (Lipinski definition) is 0. The number of hydrogen-bond acceptors (Lipinski definition) is 3. The van der Waals surface area contributed by atoms with Gasteiger partial charge in [-0.25, -0.2) is 0 Å². The Morgan fingerprint density at radius 2 is 1.56 bits per heavy atom. The van der Waals surface area contributed by atoms with Crippen LogP contribution in [-0.2, 0) is 15.7 Å². The largest absolute Gasteiger partial charge is 0.495 e. The van der Waals surface area contributed by atoms with Crippen LogP contribution < -0.4 is 5.46 Å². The maximum atomic E-state index is 11.9. The van der Waals surface area contributed by atoms with Crippen LogP contribution >= 0.6 is 0 Å². The first-order chi connectivity index (χ1) is 11.7. The van der Waals surface area contributed by atoms with Crippen LogP contribution in [0, 0.1) is 0 Å². The molecule has 2 aromatic rings. The van der Waals surface area contributed by atoms with Crippen LogP contribution in [0.15, 0.2) is 48.5 Å². The van der Waals surface area contributed by atoms with Gasteiger partial charge in [-0.2, -0.15) is 0 Å². The summed E-state index contributed by atoms with van der Waals surface area (Å²) >= 11 is 0. The highest BCUT2D eigenvalue weighted by molar-refractivity contribution is 6.62. The van der Waals surface area contributed by atoms with E-state index in [9.17, 15) is 4.79 Å². The van der Waals surface area contributed by atoms with Crippen molar-refractivity contribution in [2.45, 2.75) is 52.2 Å². The van der Waals surface area contributed by atoms with E-state index >= 15 is 0 Å². The van der Waals surface area contributed by atoms with Crippen molar-refractivity contribution in [2.75, 3.05) is 0 Å². The summed E-state index contributed by atoms with van der Waals surface area (Å²) in [5.74, 6) is 0.0454. The van der Waals surface area contributed by atoms with Crippen molar-refractivity contribution in [3.05, 3.63) is 65.2 Å². The molecular formula is C21H25BO3. The average molecular weight is 336 g/mol. The highest BCUT2D eigenvalue weighted by Crippen LogP contribution is 2.36. The minimum Gasteiger partial charge on any atom is -0.399 e. The number of ketones is 1. The highest BCUT2D eigenvalue weighted by Gasteiger charge is 2.52. The smallest absolute Gasteiger partial charge is 0.399 e. The molecule has 1 aliphatic heterocycles. The Morgan fingerprint density at radius 3 is 2.12 bits per heavy atom. The normalized spacial score (nSPS) is 18.4. The predicted octanol–water partition coefficient (Wildman–Crippen LogP) is 3.78. The number of benzene rings is 2. The van der Waals surface area contributed by atoms with E-state index in [0.29, 0.717) is 5.56 Å². The standard InChI is InChI=1S/C21H25BO3/c1-15(23)17-11-12-18(13-16-9-7-6-8-10-16)19(14-17)22-24-20(2,3)21(4,5)25-22/h6-12,14H,13H2,1-5H3. The van der Waals surface area contributed by atoms with Gasteiger partial charge in [-0.15, -0.1) is 0 Å². The first-order valence-electron chi connectivity index (χ1n) is 8.73. The van der Waals surface area contributed by atoms with Crippen LogP contribution in [0.1, 0.15) is 56.1 Å². The third-order valence-corrected chi connectivity index (χ3v) is 5.30. The molecule has 0 spiro atoms. The van der Waals surface area contributed by atoms with E-state index < -0.39 is 18.3 Å². The van der Waals surface area contributed by atoms with E-state index in [2.05, 4.69) is 12.1 Å². The molecule has 1 saturated heterocycles. The van der Waals surface area contributed by atoms with Gasteiger partial charge in [0.2, 0.25) is 0 Å². The Balaban J connectivity index is 2.01. The second-order valence-corrected chi connectivity index (χ2v) is 7.72. The Kier molecular flexibility index (Phi) is 4.61. The Bertz CT molecular complexity index is 765. The molecule has 0 bridgehead atoms. The van der Waals surface area contributed by atoms with Gasteiger partial charge in [0.05, 0.1) is 11.2 Å². The fraction of sp³-hybridized carbons (Fsp3) is 0.381. The van der Waals surface area contributed by atoms with Gasteiger partial charge in [0.15, 0.2) is 5.78 Å². The van der Waals surface area contributed by atoms with Gasteiger partial charge in [0.25, 0.3) is 0 Å². The van der Waals surface area contributed by atoms with E-state index in [1.54, 1.807) is 6.92 Å². The molecule has 25 heavy (non-hydrogen) atoms. The lowest BCUT2D eigenvalue weighted by Gasteiger charge is -2.32. The molecule has 0 aliphatic carbocycles.